The van der Waals surface area contributed by atoms with E-state index in [1.165, 1.54) is 6.20 Å². The highest BCUT2D eigenvalue weighted by Gasteiger charge is 2.17. The maximum atomic E-state index is 11.8. The van der Waals surface area contributed by atoms with Crippen LogP contribution < -0.4 is 0 Å². The third kappa shape index (κ3) is 2.49. The van der Waals surface area contributed by atoms with Crippen LogP contribution in [0, 0.1) is 0 Å². The second-order valence-corrected chi connectivity index (χ2v) is 4.16. The first-order valence-electron chi connectivity index (χ1n) is 6.38. The van der Waals surface area contributed by atoms with Gasteiger partial charge >= 0.3 is 11.9 Å². The summed E-state index contributed by atoms with van der Waals surface area (Å²) in [6, 6.07) is 3.30. The smallest absolute Gasteiger partial charge is 0.355 e. The molecule has 0 unspecified atom stereocenters. The van der Waals surface area contributed by atoms with E-state index in [4.69, 9.17) is 9.47 Å². The lowest BCUT2D eigenvalue weighted by Crippen LogP contribution is -2.09. The Hall–Kier alpha value is -2.37. The molecule has 0 aromatic carbocycles. The molecular weight excluding hydrogens is 260 g/mol. The van der Waals surface area contributed by atoms with Crippen LogP contribution in [0.5, 0.6) is 0 Å². The van der Waals surface area contributed by atoms with E-state index in [1.54, 1.807) is 37.6 Å². The Labute approximate surface area is 116 Å². The predicted molar refractivity (Wildman–Crippen MR) is 72.6 cm³/mol. The quantitative estimate of drug-likeness (QED) is 0.798. The summed E-state index contributed by atoms with van der Waals surface area (Å²) in [6.45, 7) is 4.10. The van der Waals surface area contributed by atoms with Gasteiger partial charge in [-0.25, -0.2) is 9.59 Å². The molecule has 2 aromatic heterocycles. The van der Waals surface area contributed by atoms with Gasteiger partial charge in [-0.3, -0.25) is 4.98 Å². The molecule has 0 saturated heterocycles. The molecule has 0 aliphatic rings. The SMILES string of the molecule is CCOC(=O)c1cnc2cc(C(=O)OCC)n(C)c2c1. The highest BCUT2D eigenvalue weighted by Crippen LogP contribution is 2.19. The number of esters is 2. The van der Waals surface area contributed by atoms with E-state index in [1.807, 2.05) is 0 Å². The Kier molecular flexibility index (Phi) is 4.02. The summed E-state index contributed by atoms with van der Waals surface area (Å²) >= 11 is 0. The first kappa shape index (κ1) is 14.0. The van der Waals surface area contributed by atoms with Gasteiger partial charge < -0.3 is 14.0 Å². The molecular formula is C14H16N2O4. The Bertz CT molecular complexity index is 660. The van der Waals surface area contributed by atoms with Crippen molar-refractivity contribution in [2.45, 2.75) is 13.8 Å². The predicted octanol–water partition coefficient (Wildman–Crippen LogP) is 1.93. The summed E-state index contributed by atoms with van der Waals surface area (Å²) < 4.78 is 11.6. The molecule has 6 nitrogen and oxygen atoms in total. The zero-order chi connectivity index (χ0) is 14.7. The fourth-order valence-electron chi connectivity index (χ4n) is 1.93. The maximum absolute atomic E-state index is 11.8. The van der Waals surface area contributed by atoms with Crippen LogP contribution >= 0.6 is 0 Å². The molecule has 0 fully saturated rings. The zero-order valence-electron chi connectivity index (χ0n) is 11.7. The van der Waals surface area contributed by atoms with Crippen LogP contribution in [0.3, 0.4) is 0 Å². The van der Waals surface area contributed by atoms with Gasteiger partial charge in [-0.05, 0) is 26.0 Å². The number of hydrogen-bond acceptors (Lipinski definition) is 5. The molecule has 2 aromatic rings. The van der Waals surface area contributed by atoms with Crippen molar-refractivity contribution < 1.29 is 19.1 Å². The van der Waals surface area contributed by atoms with E-state index < -0.39 is 11.9 Å². The molecule has 2 heterocycles. The average molecular weight is 276 g/mol. The van der Waals surface area contributed by atoms with Crippen LogP contribution in [0.15, 0.2) is 18.3 Å². The highest BCUT2D eigenvalue weighted by atomic mass is 16.5. The molecule has 0 aliphatic heterocycles. The van der Waals surface area contributed by atoms with Gasteiger partial charge in [-0.2, -0.15) is 0 Å². The molecule has 0 saturated carbocycles. The van der Waals surface area contributed by atoms with Gasteiger partial charge in [-0.15, -0.1) is 0 Å². The molecule has 0 bridgehead atoms. The number of aromatic nitrogens is 2. The lowest BCUT2D eigenvalue weighted by molar-refractivity contribution is 0.0511. The number of pyridine rings is 1. The minimum absolute atomic E-state index is 0.304. The number of carbonyl (C=O) groups is 2. The second-order valence-electron chi connectivity index (χ2n) is 4.16. The van der Waals surface area contributed by atoms with Crippen molar-refractivity contribution >= 4 is 23.0 Å². The van der Waals surface area contributed by atoms with Crippen molar-refractivity contribution in [3.8, 4) is 0 Å². The summed E-state index contributed by atoms with van der Waals surface area (Å²) in [5.74, 6) is -0.841. The summed E-state index contributed by atoms with van der Waals surface area (Å²) in [5.41, 5.74) is 2.06. The molecule has 0 spiro atoms. The van der Waals surface area contributed by atoms with E-state index >= 15 is 0 Å². The normalized spacial score (nSPS) is 10.6. The Morgan fingerprint density at radius 3 is 2.45 bits per heavy atom. The van der Waals surface area contributed by atoms with E-state index in [0.717, 1.165) is 0 Å². The molecule has 6 heteroatoms. The average Bonchev–Trinajstić information content (AvgIpc) is 2.76. The number of nitrogens with zero attached hydrogens (tertiary/aromatic N) is 2. The Morgan fingerprint density at radius 2 is 1.80 bits per heavy atom. The van der Waals surface area contributed by atoms with Crippen molar-refractivity contribution in [1.29, 1.82) is 0 Å². The van der Waals surface area contributed by atoms with Gasteiger partial charge in [0.05, 0.1) is 29.8 Å². The van der Waals surface area contributed by atoms with Crippen LogP contribution in [0.25, 0.3) is 11.0 Å². The number of carbonyl (C=O) groups excluding carboxylic acids is 2. The Morgan fingerprint density at radius 1 is 1.15 bits per heavy atom. The summed E-state index contributed by atoms with van der Waals surface area (Å²) in [7, 11) is 1.73. The molecule has 0 atom stereocenters. The van der Waals surface area contributed by atoms with Gasteiger partial charge in [0.15, 0.2) is 0 Å². The first-order valence-corrected chi connectivity index (χ1v) is 6.38. The van der Waals surface area contributed by atoms with Gasteiger partial charge in [0.1, 0.15) is 5.69 Å². The van der Waals surface area contributed by atoms with Gasteiger partial charge in [-0.1, -0.05) is 0 Å². The zero-order valence-corrected chi connectivity index (χ0v) is 11.7. The minimum Gasteiger partial charge on any atom is -0.462 e. The lowest BCUT2D eigenvalue weighted by Gasteiger charge is -2.04. The maximum Gasteiger partial charge on any atom is 0.355 e. The number of fused-ring (bicyclic) bond motifs is 1. The molecule has 106 valence electrons. The van der Waals surface area contributed by atoms with Crippen molar-refractivity contribution in [2.24, 2.45) is 7.05 Å². The van der Waals surface area contributed by atoms with Gasteiger partial charge in [0, 0.05) is 13.2 Å². The number of hydrogen-bond donors (Lipinski definition) is 0. The fraction of sp³-hybridized carbons (Fsp3) is 0.357. The third-order valence-electron chi connectivity index (χ3n) is 2.89. The largest absolute Gasteiger partial charge is 0.462 e. The third-order valence-corrected chi connectivity index (χ3v) is 2.89. The summed E-state index contributed by atoms with van der Waals surface area (Å²) in [4.78, 5) is 27.7. The van der Waals surface area contributed by atoms with Gasteiger partial charge in [0.25, 0.3) is 0 Å². The second kappa shape index (κ2) is 5.73. The lowest BCUT2D eigenvalue weighted by atomic mass is 10.2. The van der Waals surface area contributed by atoms with Crippen LogP contribution in [0.2, 0.25) is 0 Å². The van der Waals surface area contributed by atoms with Crippen LogP contribution in [0.1, 0.15) is 34.7 Å². The molecule has 2 rings (SSSR count). The first-order chi connectivity index (χ1) is 9.58. The fourth-order valence-corrected chi connectivity index (χ4v) is 1.93. The van der Waals surface area contributed by atoms with E-state index in [2.05, 4.69) is 4.98 Å². The van der Waals surface area contributed by atoms with Crippen molar-refractivity contribution in [2.75, 3.05) is 13.2 Å². The van der Waals surface area contributed by atoms with Crippen molar-refractivity contribution in [1.82, 2.24) is 9.55 Å². The van der Waals surface area contributed by atoms with Gasteiger partial charge in [0.2, 0.25) is 0 Å². The topological polar surface area (TPSA) is 70.4 Å². The minimum atomic E-state index is -0.430. The number of aryl methyl sites for hydroxylation is 1. The van der Waals surface area contributed by atoms with E-state index in [9.17, 15) is 9.59 Å². The molecule has 0 radical (unpaired) electrons. The van der Waals surface area contributed by atoms with Crippen LogP contribution in [-0.2, 0) is 16.5 Å². The van der Waals surface area contributed by atoms with Crippen molar-refractivity contribution in [3.05, 3.63) is 29.6 Å². The van der Waals surface area contributed by atoms with E-state index in [-0.39, 0.29) is 0 Å². The molecule has 0 amide bonds. The van der Waals surface area contributed by atoms with Crippen LogP contribution in [-0.4, -0.2) is 34.7 Å². The molecule has 20 heavy (non-hydrogen) atoms. The molecule has 0 N–H and O–H groups in total. The van der Waals surface area contributed by atoms with E-state index in [0.29, 0.717) is 35.5 Å². The van der Waals surface area contributed by atoms with Crippen molar-refractivity contribution in [3.63, 3.8) is 0 Å². The standard InChI is InChI=1S/C14H16N2O4/c1-4-19-13(17)9-6-11-10(15-8-9)7-12(16(11)3)14(18)20-5-2/h6-8H,4-5H2,1-3H3. The monoisotopic (exact) mass is 276 g/mol. The Balaban J connectivity index is 2.45. The highest BCUT2D eigenvalue weighted by molar-refractivity contribution is 5.97. The van der Waals surface area contributed by atoms with Crippen LogP contribution in [0.4, 0.5) is 0 Å². The number of rotatable bonds is 4. The summed E-state index contributed by atoms with van der Waals surface area (Å²) in [6.07, 6.45) is 1.44. The summed E-state index contributed by atoms with van der Waals surface area (Å²) in [5, 5.41) is 0. The number of ether oxygens (including phenoxy) is 2. The molecule has 0 aliphatic carbocycles.